The van der Waals surface area contributed by atoms with Gasteiger partial charge in [0.2, 0.25) is 17.7 Å². The first kappa shape index (κ1) is 71.9. The van der Waals surface area contributed by atoms with Crippen LogP contribution in [0.15, 0.2) is 0 Å². The van der Waals surface area contributed by atoms with Gasteiger partial charge in [-0.15, -0.1) is 0 Å². The van der Waals surface area contributed by atoms with E-state index in [-0.39, 0.29) is 0 Å². The van der Waals surface area contributed by atoms with Gasteiger partial charge < -0.3 is 145 Å². The normalized spacial score (nSPS) is 41.1. The largest absolute Gasteiger partial charge is 0.397 e. The number of ether oxygens (including phenoxy) is 10. The highest BCUT2D eigenvalue weighted by Gasteiger charge is 2.57. The van der Waals surface area contributed by atoms with Gasteiger partial charge in [-0.3, -0.25) is 23.5 Å². The van der Waals surface area contributed by atoms with E-state index in [9.17, 15) is 117 Å². The number of rotatable bonds is 27. The van der Waals surface area contributed by atoms with Crippen LogP contribution in [0.2, 0.25) is 0 Å². The van der Waals surface area contributed by atoms with E-state index in [0.717, 1.165) is 20.8 Å². The van der Waals surface area contributed by atoms with Gasteiger partial charge in [0, 0.05) is 20.8 Å². The minimum Gasteiger partial charge on any atom is -0.394 e. The summed E-state index contributed by atoms with van der Waals surface area (Å²) < 4.78 is 129. The lowest BCUT2D eigenvalue weighted by Crippen LogP contribution is -2.70. The van der Waals surface area contributed by atoms with Crippen molar-refractivity contribution in [2.75, 3.05) is 46.2 Å². The third-order valence-corrected chi connectivity index (χ3v) is 14.6. The molecule has 5 aliphatic heterocycles. The van der Waals surface area contributed by atoms with E-state index < -0.39 is 263 Å². The van der Waals surface area contributed by atoms with Gasteiger partial charge in [-0.1, -0.05) is 0 Å². The Kier molecular flexibility index (Phi) is 26.5. The van der Waals surface area contributed by atoms with Crippen molar-refractivity contribution in [1.29, 1.82) is 0 Å². The van der Waals surface area contributed by atoms with E-state index in [1.807, 2.05) is 0 Å². The molecule has 3 amide bonds. The summed E-state index contributed by atoms with van der Waals surface area (Å²) in [5.74, 6) is -2.70. The van der Waals surface area contributed by atoms with Crippen LogP contribution in [0, 0.1) is 0 Å². The van der Waals surface area contributed by atoms with E-state index in [0.29, 0.717) is 0 Å². The van der Waals surface area contributed by atoms with Crippen LogP contribution in [0.1, 0.15) is 20.8 Å². The standard InChI is InChI=1S/C42H73N3O37S2/c1-11(51)43-14(4-46)33(78-42-32(64)37(82-84(68,69)70)26(58)17(6-48)74-42)23(55)15(54)9-71-38-21(44-12(2)52)27(59)34(18(7-49)75-38)80-41-31(63)36(25(57)16(5-47)73-41)81-39-22(45-13(3)53)28(60)35(19(8-50)76-39)79-40-30(62)29(61)24(56)20(77-40)10-72-83(65,66)67/h14-42,46-50,54-64H,4-10H2,1-3H3,(H,43,51)(H,44,52)(H,45,53)(H,65,66,67)(H,68,69,70)/t14-,15+,16+,17+,18+,19+,20+,21+,22+,23-,24-,25-,26-,27+,28+,29-,30+,31+,32+,33+,34+,35+,36-,37-,38+,39-,40-,41-,42-/m0/s1. The Morgan fingerprint density at radius 3 is 1.40 bits per heavy atom. The lowest BCUT2D eigenvalue weighted by atomic mass is 9.94. The molecule has 84 heavy (non-hydrogen) atoms. The fourth-order valence-corrected chi connectivity index (χ4v) is 10.4. The summed E-state index contributed by atoms with van der Waals surface area (Å²) in [6, 6.07) is -5.42. The van der Waals surface area contributed by atoms with Crippen molar-refractivity contribution >= 4 is 38.5 Å². The zero-order valence-corrected chi connectivity index (χ0v) is 45.9. The van der Waals surface area contributed by atoms with Crippen LogP contribution in [0.5, 0.6) is 0 Å². The molecule has 5 fully saturated rings. The van der Waals surface area contributed by atoms with Crippen molar-refractivity contribution in [3.8, 4) is 0 Å². The Labute approximate surface area is 476 Å². The second-order valence-corrected chi connectivity index (χ2v) is 21.9. The van der Waals surface area contributed by atoms with Crippen LogP contribution in [-0.2, 0) is 90.9 Å². The zero-order chi connectivity index (χ0) is 63.0. The van der Waals surface area contributed by atoms with E-state index in [2.05, 4.69) is 24.3 Å². The van der Waals surface area contributed by atoms with Crippen molar-refractivity contribution in [2.45, 2.75) is 199 Å². The molecule has 0 aliphatic carbocycles. The van der Waals surface area contributed by atoms with Crippen LogP contribution in [0.4, 0.5) is 0 Å². The van der Waals surface area contributed by atoms with Crippen molar-refractivity contribution in [3.05, 3.63) is 0 Å². The molecule has 5 heterocycles. The summed E-state index contributed by atoms with van der Waals surface area (Å²) in [5.41, 5.74) is 0. The van der Waals surface area contributed by atoms with E-state index in [4.69, 9.17) is 51.9 Å². The second kappa shape index (κ2) is 31.0. The molecule has 0 unspecified atom stereocenters. The number of carbonyl (C=O) groups excluding carboxylic acids is 3. The van der Waals surface area contributed by atoms with Gasteiger partial charge in [0.1, 0.15) is 140 Å². The van der Waals surface area contributed by atoms with Gasteiger partial charge in [0.15, 0.2) is 31.5 Å². The highest BCUT2D eigenvalue weighted by atomic mass is 32.3. The average molecular weight is 1280 g/mol. The molecule has 0 saturated carbocycles. The highest BCUT2D eigenvalue weighted by molar-refractivity contribution is 7.81. The zero-order valence-electron chi connectivity index (χ0n) is 44.3. The minimum absolute atomic E-state index is 0.881. The Morgan fingerprint density at radius 2 is 0.929 bits per heavy atom. The first-order valence-corrected chi connectivity index (χ1v) is 28.1. The third kappa shape index (κ3) is 18.1. The SMILES string of the molecule is CC(=O)N[C@H]1[C@H](O[C@H]2[C@@H](O)[C@@H](CO)O[C@@H](O[C@H]3[C@H](O)[C@@H](NC(C)=O)[C@H](OC[C@@H](O)[C@H](O)[C@H](O[C@@H]4O[C@H](CO)[C@H](O)[C@H](OS(=O)(=O)O)[C@H]4O)[C@H](CO)NC(C)=O)O[C@@H]3CO)[C@@H]2O)O[C@H](CO)[C@@H](O[C@@H]2O[C@H](COS(=O)(=O)O)[C@H](O)[C@H](O)[C@H]2O)[C@@H]1O. The summed E-state index contributed by atoms with van der Waals surface area (Å²) >= 11 is 0. The summed E-state index contributed by atoms with van der Waals surface area (Å²) in [4.78, 5) is 37.2. The fourth-order valence-electron chi connectivity index (χ4n) is 9.61. The lowest BCUT2D eigenvalue weighted by molar-refractivity contribution is -0.378. The molecular formula is C42H73N3O37S2. The van der Waals surface area contributed by atoms with Crippen LogP contribution in [0.3, 0.4) is 0 Å². The Hall–Kier alpha value is -2.89. The van der Waals surface area contributed by atoms with Crippen LogP contribution >= 0.6 is 0 Å². The van der Waals surface area contributed by atoms with Crippen molar-refractivity contribution in [1.82, 2.24) is 16.0 Å². The summed E-state index contributed by atoms with van der Waals surface area (Å²) in [6.07, 6.45) is -54.2. The molecule has 0 aromatic rings. The molecule has 21 N–H and O–H groups in total. The van der Waals surface area contributed by atoms with E-state index >= 15 is 0 Å². The molecule has 42 heteroatoms. The van der Waals surface area contributed by atoms with Gasteiger partial charge in [0.05, 0.1) is 52.3 Å². The minimum atomic E-state index is -5.43. The average Bonchev–Trinajstić information content (AvgIpc) is 1.92. The molecule has 5 rings (SSSR count). The molecular weight excluding hydrogens is 1200 g/mol. The highest BCUT2D eigenvalue weighted by Crippen LogP contribution is 2.36. The van der Waals surface area contributed by atoms with E-state index in [1.54, 1.807) is 0 Å². The first-order valence-electron chi connectivity index (χ1n) is 25.3. The molecule has 0 aromatic heterocycles. The number of nitrogens with one attached hydrogen (secondary N) is 3. The number of hydrogen-bond donors (Lipinski definition) is 21. The third-order valence-electron chi connectivity index (χ3n) is 13.7. The fraction of sp³-hybridized carbons (Fsp3) is 0.929. The second-order valence-electron chi connectivity index (χ2n) is 19.8. The topological polar surface area (TPSA) is 630 Å². The van der Waals surface area contributed by atoms with E-state index in [1.165, 1.54) is 0 Å². The Morgan fingerprint density at radius 1 is 0.488 bits per heavy atom. The summed E-state index contributed by atoms with van der Waals surface area (Å²) in [7, 11) is -10.6. The van der Waals surface area contributed by atoms with Gasteiger partial charge in [0.25, 0.3) is 0 Å². The number of carbonyl (C=O) groups is 3. The molecule has 29 atom stereocenters. The molecule has 0 bridgehead atoms. The Bertz CT molecular complexity index is 2340. The van der Waals surface area contributed by atoms with Gasteiger partial charge >= 0.3 is 20.8 Å². The maximum Gasteiger partial charge on any atom is 0.397 e. The number of aliphatic hydroxyl groups is 16. The van der Waals surface area contributed by atoms with Gasteiger partial charge in [-0.2, -0.15) is 16.8 Å². The quantitative estimate of drug-likeness (QED) is 0.0340. The van der Waals surface area contributed by atoms with Crippen LogP contribution in [-0.4, -0.2) is 349 Å². The monoisotopic (exact) mass is 1280 g/mol. The van der Waals surface area contributed by atoms with Crippen molar-refractivity contribution in [2.24, 2.45) is 0 Å². The predicted octanol–water partition coefficient (Wildman–Crippen LogP) is -14.4. The maximum atomic E-state index is 12.6. The molecule has 0 aromatic carbocycles. The smallest absolute Gasteiger partial charge is 0.394 e. The maximum absolute atomic E-state index is 12.6. The summed E-state index contributed by atoms with van der Waals surface area (Å²) in [5, 5.41) is 180. The molecule has 0 radical (unpaired) electrons. The summed E-state index contributed by atoms with van der Waals surface area (Å²) in [6.45, 7) is -4.95. The predicted molar refractivity (Wildman–Crippen MR) is 257 cm³/mol. The molecule has 5 aliphatic rings. The first-order chi connectivity index (χ1) is 39.2. The van der Waals surface area contributed by atoms with Crippen molar-refractivity contribution < 1.29 is 178 Å². The molecule has 40 nitrogen and oxygen atoms in total. The molecule has 0 spiro atoms. The Balaban J connectivity index is 1.34. The van der Waals surface area contributed by atoms with Gasteiger partial charge in [-0.25, -0.2) is 8.37 Å². The van der Waals surface area contributed by atoms with Gasteiger partial charge in [-0.05, 0) is 0 Å². The lowest BCUT2D eigenvalue weighted by Gasteiger charge is -2.50. The van der Waals surface area contributed by atoms with Crippen molar-refractivity contribution in [3.63, 3.8) is 0 Å². The molecule has 490 valence electrons. The number of amides is 3. The van der Waals surface area contributed by atoms with Crippen LogP contribution < -0.4 is 16.0 Å². The van der Waals surface area contributed by atoms with Crippen LogP contribution in [0.25, 0.3) is 0 Å². The number of hydrogen-bond acceptors (Lipinski definition) is 35. The molecule has 5 saturated heterocycles. The number of aliphatic hydroxyl groups excluding tert-OH is 16.